The summed E-state index contributed by atoms with van der Waals surface area (Å²) >= 11 is 0. The first kappa shape index (κ1) is 42.4. The van der Waals surface area contributed by atoms with Crippen LogP contribution in [0.25, 0.3) is 11.1 Å². The number of nitrogens with zero attached hydrogens (tertiary/aromatic N) is 1. The van der Waals surface area contributed by atoms with Crippen LogP contribution in [0.1, 0.15) is 71.2 Å². The van der Waals surface area contributed by atoms with Gasteiger partial charge in [-0.2, -0.15) is 0 Å². The van der Waals surface area contributed by atoms with Crippen LogP contribution in [0.15, 0.2) is 60.7 Å². The van der Waals surface area contributed by atoms with E-state index in [0.29, 0.717) is 5.56 Å². The number of ether oxygens (including phenoxy) is 4. The lowest BCUT2D eigenvalue weighted by atomic mass is 9.94. The Morgan fingerprint density at radius 3 is 2.00 bits per heavy atom. The molecule has 54 heavy (non-hydrogen) atoms. The second-order valence-corrected chi connectivity index (χ2v) is 14.5. The van der Waals surface area contributed by atoms with Crippen molar-refractivity contribution in [2.45, 2.75) is 90.8 Å². The van der Waals surface area contributed by atoms with Crippen molar-refractivity contribution in [1.29, 1.82) is 0 Å². The molecule has 3 rings (SSSR count). The SMILES string of the molecule is COc1c(O)cc(CC(NC(=O)OC(C)(C)C)C(=O)O)cc1-c1cc(C(C(=O)NC(C)C(=O)OC(C)(C)C)N(C)C(=O)OCc2ccccc2)ccc1O. The highest BCUT2D eigenvalue weighted by molar-refractivity contribution is 5.91. The maximum absolute atomic E-state index is 14.0. The third-order valence-corrected chi connectivity index (χ3v) is 7.64. The van der Waals surface area contributed by atoms with E-state index in [9.17, 15) is 39.3 Å². The van der Waals surface area contributed by atoms with Crippen molar-refractivity contribution in [3.8, 4) is 28.4 Å². The van der Waals surface area contributed by atoms with E-state index in [2.05, 4.69) is 10.6 Å². The number of rotatable bonds is 13. The van der Waals surface area contributed by atoms with Crippen molar-refractivity contribution in [1.82, 2.24) is 15.5 Å². The lowest BCUT2D eigenvalue weighted by Gasteiger charge is -2.29. The average molecular weight is 752 g/mol. The summed E-state index contributed by atoms with van der Waals surface area (Å²) in [5.41, 5.74) is -0.549. The van der Waals surface area contributed by atoms with Crippen LogP contribution >= 0.6 is 0 Å². The molecule has 0 aliphatic heterocycles. The van der Waals surface area contributed by atoms with Crippen LogP contribution in [0.3, 0.4) is 0 Å². The minimum absolute atomic E-state index is 0.0255. The summed E-state index contributed by atoms with van der Waals surface area (Å²) in [4.78, 5) is 65.7. The van der Waals surface area contributed by atoms with Gasteiger partial charge in [0, 0.05) is 24.6 Å². The number of phenols is 2. The molecule has 0 spiro atoms. The molecule has 0 aromatic heterocycles. The molecule has 15 heteroatoms. The maximum Gasteiger partial charge on any atom is 0.410 e. The first-order chi connectivity index (χ1) is 25.1. The summed E-state index contributed by atoms with van der Waals surface area (Å²) < 4.78 is 21.6. The van der Waals surface area contributed by atoms with E-state index in [1.807, 2.05) is 6.07 Å². The molecule has 3 amide bonds. The quantitative estimate of drug-likeness (QED) is 0.109. The smallest absolute Gasteiger partial charge is 0.410 e. The number of esters is 1. The molecule has 3 aromatic carbocycles. The number of hydrogen-bond donors (Lipinski definition) is 5. The number of benzene rings is 3. The fraction of sp³-hybridized carbons (Fsp3) is 0.410. The van der Waals surface area contributed by atoms with Gasteiger partial charge in [-0.15, -0.1) is 0 Å². The molecule has 0 saturated carbocycles. The lowest BCUT2D eigenvalue weighted by molar-refractivity contribution is -0.158. The van der Waals surface area contributed by atoms with Gasteiger partial charge < -0.3 is 44.9 Å². The van der Waals surface area contributed by atoms with E-state index in [-0.39, 0.29) is 46.8 Å². The molecular formula is C39H49N3O12. The third-order valence-electron chi connectivity index (χ3n) is 7.64. The Balaban J connectivity index is 2.08. The van der Waals surface area contributed by atoms with E-state index in [1.54, 1.807) is 65.8 Å². The minimum atomic E-state index is -1.48. The zero-order valence-corrected chi connectivity index (χ0v) is 31.9. The van der Waals surface area contributed by atoms with Gasteiger partial charge in [0.2, 0.25) is 5.91 Å². The van der Waals surface area contributed by atoms with Gasteiger partial charge in [0.1, 0.15) is 41.7 Å². The van der Waals surface area contributed by atoms with Crippen molar-refractivity contribution in [2.24, 2.45) is 0 Å². The van der Waals surface area contributed by atoms with Crippen molar-refractivity contribution in [3.63, 3.8) is 0 Å². The van der Waals surface area contributed by atoms with E-state index >= 15 is 0 Å². The molecular weight excluding hydrogens is 702 g/mol. The van der Waals surface area contributed by atoms with Crippen molar-refractivity contribution in [3.05, 3.63) is 77.4 Å². The van der Waals surface area contributed by atoms with Crippen LogP contribution in [0, 0.1) is 0 Å². The Labute approximate surface area is 314 Å². The number of likely N-dealkylation sites (N-methyl/N-ethyl adjacent to an activating group) is 1. The number of carbonyl (C=O) groups is 5. The lowest BCUT2D eigenvalue weighted by Crippen LogP contribution is -2.48. The number of nitrogens with one attached hydrogen (secondary N) is 2. The monoisotopic (exact) mass is 751 g/mol. The standard InChI is InChI=1S/C39H49N3O12/c1-22(35(48)53-38(2,3)4)40-33(45)31(42(8)37(50)52-21-23-13-11-10-12-14-23)25-15-16-29(43)26(20-25)27-17-24(19-30(44)32(27)51-9)18-28(34(46)47)41-36(49)54-39(5,6)7/h10-17,19-20,22,28,31,43-44H,18,21H2,1-9H3,(H,40,45)(H,41,49)(H,46,47). The zero-order chi connectivity index (χ0) is 40.5. The van der Waals surface area contributed by atoms with Crippen molar-refractivity contribution < 1.29 is 58.2 Å². The molecule has 3 atom stereocenters. The van der Waals surface area contributed by atoms with Gasteiger partial charge in [0.05, 0.1) is 7.11 Å². The van der Waals surface area contributed by atoms with Crippen LogP contribution in [0.4, 0.5) is 9.59 Å². The van der Waals surface area contributed by atoms with Crippen LogP contribution in [0.5, 0.6) is 17.2 Å². The van der Waals surface area contributed by atoms with Gasteiger partial charge in [-0.1, -0.05) is 36.4 Å². The molecule has 15 nitrogen and oxygen atoms in total. The number of alkyl carbamates (subject to hydrolysis) is 1. The minimum Gasteiger partial charge on any atom is -0.507 e. The summed E-state index contributed by atoms with van der Waals surface area (Å²) in [6.45, 7) is 11.2. The van der Waals surface area contributed by atoms with Gasteiger partial charge in [0.25, 0.3) is 0 Å². The molecule has 0 heterocycles. The van der Waals surface area contributed by atoms with Crippen molar-refractivity contribution >= 4 is 30.0 Å². The van der Waals surface area contributed by atoms with E-state index in [1.165, 1.54) is 51.4 Å². The predicted octanol–water partition coefficient (Wildman–Crippen LogP) is 5.45. The fourth-order valence-electron chi connectivity index (χ4n) is 5.25. The number of amides is 3. The molecule has 3 aromatic rings. The molecule has 0 radical (unpaired) electrons. The van der Waals surface area contributed by atoms with Crippen molar-refractivity contribution in [2.75, 3.05) is 14.2 Å². The molecule has 0 bridgehead atoms. The molecule has 0 aliphatic carbocycles. The van der Waals surface area contributed by atoms with Gasteiger partial charge in [-0.3, -0.25) is 9.69 Å². The Hall–Kier alpha value is -5.99. The summed E-state index contributed by atoms with van der Waals surface area (Å²) in [5.74, 6) is -3.73. The fourth-order valence-corrected chi connectivity index (χ4v) is 5.25. The predicted molar refractivity (Wildman–Crippen MR) is 197 cm³/mol. The van der Waals surface area contributed by atoms with Crippen LogP contribution in [-0.4, -0.2) is 87.7 Å². The zero-order valence-electron chi connectivity index (χ0n) is 31.9. The Bertz CT molecular complexity index is 1830. The van der Waals surface area contributed by atoms with Crippen LogP contribution in [-0.2, 0) is 41.6 Å². The molecule has 0 aliphatic rings. The normalized spacial score (nSPS) is 13.1. The van der Waals surface area contributed by atoms with E-state index < -0.39 is 65.1 Å². The molecule has 292 valence electrons. The van der Waals surface area contributed by atoms with Gasteiger partial charge >= 0.3 is 24.1 Å². The van der Waals surface area contributed by atoms with Crippen LogP contribution < -0.4 is 15.4 Å². The topological polar surface area (TPSA) is 210 Å². The van der Waals surface area contributed by atoms with Crippen LogP contribution in [0.2, 0.25) is 0 Å². The summed E-state index contributed by atoms with van der Waals surface area (Å²) in [7, 11) is 2.60. The van der Waals surface area contributed by atoms with E-state index in [0.717, 1.165) is 4.90 Å². The summed E-state index contributed by atoms with van der Waals surface area (Å²) in [6.07, 6.45) is -2.16. The summed E-state index contributed by atoms with van der Waals surface area (Å²) in [5, 5.41) is 36.9. The number of aromatic hydroxyl groups is 2. The van der Waals surface area contributed by atoms with Gasteiger partial charge in [0.15, 0.2) is 11.5 Å². The van der Waals surface area contributed by atoms with E-state index in [4.69, 9.17) is 18.9 Å². The number of methoxy groups -OCH3 is 1. The molecule has 5 N–H and O–H groups in total. The highest BCUT2D eigenvalue weighted by Gasteiger charge is 2.34. The second kappa shape index (κ2) is 17.7. The second-order valence-electron chi connectivity index (χ2n) is 14.5. The highest BCUT2D eigenvalue weighted by Crippen LogP contribution is 2.43. The first-order valence-corrected chi connectivity index (χ1v) is 17.0. The third kappa shape index (κ3) is 12.0. The Morgan fingerprint density at radius 2 is 1.43 bits per heavy atom. The highest BCUT2D eigenvalue weighted by atomic mass is 16.6. The maximum atomic E-state index is 14.0. The molecule has 3 unspecified atom stereocenters. The Morgan fingerprint density at radius 1 is 0.796 bits per heavy atom. The number of carboxylic acids is 1. The number of aliphatic carboxylic acids is 1. The summed E-state index contributed by atoms with van der Waals surface area (Å²) in [6, 6.07) is 11.6. The number of carbonyl (C=O) groups excluding carboxylic acids is 4. The average Bonchev–Trinajstić information content (AvgIpc) is 3.06. The number of carboxylic acid groups (broad SMARTS) is 1. The largest absolute Gasteiger partial charge is 0.507 e. The first-order valence-electron chi connectivity index (χ1n) is 17.0. The molecule has 0 saturated heterocycles. The Kier molecular flexibility index (Phi) is 13.9. The van der Waals surface area contributed by atoms with Gasteiger partial charge in [-0.25, -0.2) is 19.2 Å². The number of hydrogen-bond acceptors (Lipinski definition) is 11. The number of phenolic OH excluding ortho intramolecular Hbond substituents is 2. The van der Waals surface area contributed by atoms with Gasteiger partial charge in [-0.05, 0) is 89.4 Å². The molecule has 0 fully saturated rings.